The summed E-state index contributed by atoms with van der Waals surface area (Å²) < 4.78 is 2.31. The van der Waals surface area contributed by atoms with Crippen LogP contribution in [0.2, 0.25) is 0 Å². The molecule has 1 heterocycles. The lowest BCUT2D eigenvalue weighted by molar-refractivity contribution is -0.121. The van der Waals surface area contributed by atoms with Gasteiger partial charge < -0.3 is 9.88 Å². The smallest absolute Gasteiger partial charge is 0.220 e. The molecular weight excluding hydrogens is 336 g/mol. The molecule has 0 bridgehead atoms. The van der Waals surface area contributed by atoms with E-state index in [1.54, 1.807) is 0 Å². The molecule has 1 amide bonds. The molecule has 0 spiro atoms. The fourth-order valence-corrected chi connectivity index (χ4v) is 3.46. The quantitative estimate of drug-likeness (QED) is 0.689. The van der Waals surface area contributed by atoms with Crippen molar-refractivity contribution in [2.45, 2.75) is 78.3 Å². The summed E-state index contributed by atoms with van der Waals surface area (Å²) in [6.45, 7) is 7.21. The minimum atomic E-state index is 0.0787. The number of carbonyl (C=O) groups excluding carboxylic acids is 1. The molecule has 0 unspecified atom stereocenters. The standard InChI is InChI=1S/C22H32N4O/c1-4-17-7-5-6-8-18(17)15-23-22(27)14-13-21-25-24-20(12-9-16(2)3)26(21)19-10-11-19/h5-8,16,19H,4,9-15H2,1-3H3,(H,23,27). The van der Waals surface area contributed by atoms with Crippen molar-refractivity contribution in [2.24, 2.45) is 5.92 Å². The maximum absolute atomic E-state index is 12.3. The van der Waals surface area contributed by atoms with Gasteiger partial charge in [-0.25, -0.2) is 0 Å². The van der Waals surface area contributed by atoms with Crippen molar-refractivity contribution in [2.75, 3.05) is 0 Å². The van der Waals surface area contributed by atoms with Crippen molar-refractivity contribution in [1.29, 1.82) is 0 Å². The van der Waals surface area contributed by atoms with Gasteiger partial charge in [-0.05, 0) is 42.7 Å². The number of carbonyl (C=O) groups is 1. The summed E-state index contributed by atoms with van der Waals surface area (Å²) in [6, 6.07) is 8.84. The maximum Gasteiger partial charge on any atom is 0.220 e. The summed E-state index contributed by atoms with van der Waals surface area (Å²) >= 11 is 0. The van der Waals surface area contributed by atoms with Crippen molar-refractivity contribution in [3.63, 3.8) is 0 Å². The van der Waals surface area contributed by atoms with Crippen molar-refractivity contribution in [1.82, 2.24) is 20.1 Å². The fraction of sp³-hybridized carbons (Fsp3) is 0.591. The predicted molar refractivity (Wildman–Crippen MR) is 107 cm³/mol. The minimum Gasteiger partial charge on any atom is -0.352 e. The average Bonchev–Trinajstić information content (AvgIpc) is 3.43. The molecule has 1 N–H and O–H groups in total. The Morgan fingerprint density at radius 3 is 2.44 bits per heavy atom. The lowest BCUT2D eigenvalue weighted by Gasteiger charge is -2.11. The minimum absolute atomic E-state index is 0.0787. The summed E-state index contributed by atoms with van der Waals surface area (Å²) in [6.07, 6.45) is 6.62. The first-order chi connectivity index (χ1) is 13.1. The normalized spacial score (nSPS) is 13.9. The first-order valence-electron chi connectivity index (χ1n) is 10.3. The van der Waals surface area contributed by atoms with E-state index in [0.29, 0.717) is 31.3 Å². The Morgan fingerprint density at radius 2 is 1.81 bits per heavy atom. The van der Waals surface area contributed by atoms with E-state index in [1.807, 2.05) is 12.1 Å². The van der Waals surface area contributed by atoms with Crippen molar-refractivity contribution < 1.29 is 4.79 Å². The molecular formula is C22H32N4O. The molecule has 2 aromatic rings. The molecule has 1 aromatic heterocycles. The van der Waals surface area contributed by atoms with E-state index in [-0.39, 0.29) is 5.91 Å². The van der Waals surface area contributed by atoms with E-state index in [0.717, 1.165) is 30.9 Å². The molecule has 5 nitrogen and oxygen atoms in total. The molecule has 1 aliphatic rings. The van der Waals surface area contributed by atoms with Crippen LogP contribution >= 0.6 is 0 Å². The van der Waals surface area contributed by atoms with Crippen LogP contribution in [0.25, 0.3) is 0 Å². The molecule has 0 aliphatic heterocycles. The lowest BCUT2D eigenvalue weighted by Crippen LogP contribution is -2.24. The highest BCUT2D eigenvalue weighted by Crippen LogP contribution is 2.37. The fourth-order valence-electron chi connectivity index (χ4n) is 3.46. The van der Waals surface area contributed by atoms with Crippen molar-refractivity contribution in [3.8, 4) is 0 Å². The van der Waals surface area contributed by atoms with Gasteiger partial charge in [0, 0.05) is 31.8 Å². The zero-order chi connectivity index (χ0) is 19.2. The largest absolute Gasteiger partial charge is 0.352 e. The second-order valence-electron chi connectivity index (χ2n) is 7.97. The van der Waals surface area contributed by atoms with E-state index >= 15 is 0 Å². The van der Waals surface area contributed by atoms with Crippen LogP contribution in [0.15, 0.2) is 24.3 Å². The van der Waals surface area contributed by atoms with Crippen LogP contribution in [0.3, 0.4) is 0 Å². The van der Waals surface area contributed by atoms with Gasteiger partial charge in [0.25, 0.3) is 0 Å². The Labute approximate surface area is 162 Å². The van der Waals surface area contributed by atoms with E-state index in [4.69, 9.17) is 0 Å². The monoisotopic (exact) mass is 368 g/mol. The highest BCUT2D eigenvalue weighted by Gasteiger charge is 2.29. The van der Waals surface area contributed by atoms with Gasteiger partial charge in [0.1, 0.15) is 11.6 Å². The highest BCUT2D eigenvalue weighted by atomic mass is 16.1. The highest BCUT2D eigenvalue weighted by molar-refractivity contribution is 5.76. The van der Waals surface area contributed by atoms with Gasteiger partial charge in [0.05, 0.1) is 0 Å². The zero-order valence-corrected chi connectivity index (χ0v) is 16.9. The number of hydrogen-bond donors (Lipinski definition) is 1. The van der Waals surface area contributed by atoms with Crippen LogP contribution < -0.4 is 5.32 Å². The first kappa shape index (κ1) is 19.6. The van der Waals surface area contributed by atoms with Crippen LogP contribution in [-0.2, 0) is 30.6 Å². The Bertz CT molecular complexity index is 761. The predicted octanol–water partition coefficient (Wildman–Crippen LogP) is 4.01. The van der Waals surface area contributed by atoms with Gasteiger partial charge in [-0.2, -0.15) is 0 Å². The van der Waals surface area contributed by atoms with Crippen LogP contribution in [0.1, 0.15) is 75.3 Å². The van der Waals surface area contributed by atoms with Crippen molar-refractivity contribution >= 4 is 5.91 Å². The number of aryl methyl sites for hydroxylation is 3. The average molecular weight is 369 g/mol. The van der Waals surface area contributed by atoms with Gasteiger partial charge in [-0.15, -0.1) is 10.2 Å². The number of benzene rings is 1. The summed E-state index contributed by atoms with van der Waals surface area (Å²) in [4.78, 5) is 12.3. The molecule has 1 fully saturated rings. The van der Waals surface area contributed by atoms with Crippen LogP contribution in [0.5, 0.6) is 0 Å². The molecule has 3 rings (SSSR count). The molecule has 0 saturated heterocycles. The molecule has 27 heavy (non-hydrogen) atoms. The molecule has 1 saturated carbocycles. The number of nitrogens with zero attached hydrogens (tertiary/aromatic N) is 3. The van der Waals surface area contributed by atoms with E-state index < -0.39 is 0 Å². The number of aromatic nitrogens is 3. The SMILES string of the molecule is CCc1ccccc1CNC(=O)CCc1nnc(CCC(C)C)n1C1CC1. The Balaban J connectivity index is 1.54. The number of hydrogen-bond acceptors (Lipinski definition) is 3. The summed E-state index contributed by atoms with van der Waals surface area (Å²) in [7, 11) is 0. The molecule has 5 heteroatoms. The number of rotatable bonds is 10. The maximum atomic E-state index is 12.3. The molecule has 146 valence electrons. The Kier molecular flexibility index (Phi) is 6.64. The Hall–Kier alpha value is -2.17. The van der Waals surface area contributed by atoms with E-state index in [9.17, 15) is 4.79 Å². The topological polar surface area (TPSA) is 59.8 Å². The van der Waals surface area contributed by atoms with Gasteiger partial charge in [-0.1, -0.05) is 45.0 Å². The van der Waals surface area contributed by atoms with Gasteiger partial charge in [0.15, 0.2) is 0 Å². The Morgan fingerprint density at radius 1 is 1.15 bits per heavy atom. The number of nitrogens with one attached hydrogen (secondary N) is 1. The summed E-state index contributed by atoms with van der Waals surface area (Å²) in [5.41, 5.74) is 2.49. The second-order valence-corrected chi connectivity index (χ2v) is 7.97. The first-order valence-corrected chi connectivity index (χ1v) is 10.3. The van der Waals surface area contributed by atoms with Gasteiger partial charge >= 0.3 is 0 Å². The van der Waals surface area contributed by atoms with Gasteiger partial charge in [0.2, 0.25) is 5.91 Å². The number of amides is 1. The molecule has 1 aromatic carbocycles. The lowest BCUT2D eigenvalue weighted by atomic mass is 10.1. The van der Waals surface area contributed by atoms with Crippen LogP contribution in [0, 0.1) is 5.92 Å². The third-order valence-corrected chi connectivity index (χ3v) is 5.25. The molecule has 1 aliphatic carbocycles. The van der Waals surface area contributed by atoms with E-state index in [1.165, 1.54) is 24.0 Å². The second kappa shape index (κ2) is 9.16. The zero-order valence-electron chi connectivity index (χ0n) is 16.9. The molecule has 0 radical (unpaired) electrons. The van der Waals surface area contributed by atoms with Crippen LogP contribution in [0.4, 0.5) is 0 Å². The van der Waals surface area contributed by atoms with Crippen molar-refractivity contribution in [3.05, 3.63) is 47.0 Å². The van der Waals surface area contributed by atoms with Crippen LogP contribution in [-0.4, -0.2) is 20.7 Å². The van der Waals surface area contributed by atoms with Gasteiger partial charge in [-0.3, -0.25) is 4.79 Å². The molecule has 0 atom stereocenters. The van der Waals surface area contributed by atoms with E-state index in [2.05, 4.69) is 53.0 Å². The summed E-state index contributed by atoms with van der Waals surface area (Å²) in [5.74, 6) is 2.81. The summed E-state index contributed by atoms with van der Waals surface area (Å²) in [5, 5.41) is 11.9. The third-order valence-electron chi connectivity index (χ3n) is 5.25. The third kappa shape index (κ3) is 5.41.